The summed E-state index contributed by atoms with van der Waals surface area (Å²) in [6.07, 6.45) is 2.34. The Balaban J connectivity index is 1.54. The number of carbonyl (C=O) groups excluding carboxylic acids is 1. The Kier molecular flexibility index (Phi) is 7.20. The summed E-state index contributed by atoms with van der Waals surface area (Å²) in [4.78, 5) is 27.5. The molecule has 3 aromatic rings. The lowest BCUT2D eigenvalue weighted by atomic mass is 10.0. The molecular formula is C28H30N2O3. The zero-order valence-electron chi connectivity index (χ0n) is 18.9. The zero-order valence-corrected chi connectivity index (χ0v) is 18.9. The number of carboxylic acid groups (broad SMARTS) is 1. The van der Waals surface area contributed by atoms with Crippen LogP contribution in [0, 0.1) is 6.92 Å². The molecule has 1 aliphatic rings. The third-order valence-corrected chi connectivity index (χ3v) is 6.28. The predicted octanol–water partition coefficient (Wildman–Crippen LogP) is 4.52. The van der Waals surface area contributed by atoms with Crippen molar-refractivity contribution < 1.29 is 14.7 Å². The molecule has 0 saturated heterocycles. The summed E-state index contributed by atoms with van der Waals surface area (Å²) < 4.78 is 0. The number of anilines is 1. The minimum absolute atomic E-state index is 0.0773. The standard InChI is InChI=1S/C28H30N2O3/c1-20-11-13-22(14-12-20)19-30-26-10-6-5-9-23(26)16-18-24(27(30)31)29-25(28(32)33)17-15-21-7-3-2-4-8-21/h2-14,24-25,29H,15-19H2,1H3,(H,32,33)/t24-,25-/m0/s1. The summed E-state index contributed by atoms with van der Waals surface area (Å²) in [5.41, 5.74) is 5.32. The Bertz CT molecular complexity index is 1100. The van der Waals surface area contributed by atoms with Crippen LogP contribution in [-0.4, -0.2) is 29.1 Å². The van der Waals surface area contributed by atoms with E-state index in [2.05, 4.69) is 11.4 Å². The molecule has 33 heavy (non-hydrogen) atoms. The van der Waals surface area contributed by atoms with Crippen LogP contribution >= 0.6 is 0 Å². The number of aliphatic carboxylic acids is 1. The number of rotatable bonds is 8. The van der Waals surface area contributed by atoms with Gasteiger partial charge in [0.25, 0.3) is 0 Å². The van der Waals surface area contributed by atoms with Gasteiger partial charge in [0.1, 0.15) is 6.04 Å². The zero-order chi connectivity index (χ0) is 23.2. The number of nitrogens with one attached hydrogen (secondary N) is 1. The van der Waals surface area contributed by atoms with E-state index in [1.54, 1.807) is 4.90 Å². The fraction of sp³-hybridized carbons (Fsp3) is 0.286. The lowest BCUT2D eigenvalue weighted by molar-refractivity contribution is -0.140. The second-order valence-electron chi connectivity index (χ2n) is 8.71. The molecule has 1 aliphatic heterocycles. The third-order valence-electron chi connectivity index (χ3n) is 6.28. The Labute approximate surface area is 195 Å². The number of carboxylic acids is 1. The van der Waals surface area contributed by atoms with Crippen molar-refractivity contribution in [2.24, 2.45) is 0 Å². The van der Waals surface area contributed by atoms with Crippen molar-refractivity contribution in [3.05, 3.63) is 101 Å². The normalized spacial score (nSPS) is 16.7. The van der Waals surface area contributed by atoms with Crippen LogP contribution in [0.3, 0.4) is 0 Å². The average Bonchev–Trinajstić information content (AvgIpc) is 2.95. The highest BCUT2D eigenvalue weighted by Gasteiger charge is 2.33. The molecule has 3 aromatic carbocycles. The number of amides is 1. The molecule has 2 atom stereocenters. The molecule has 0 unspecified atom stereocenters. The van der Waals surface area contributed by atoms with Crippen LogP contribution in [0.15, 0.2) is 78.9 Å². The number of para-hydroxylation sites is 1. The second-order valence-corrected chi connectivity index (χ2v) is 8.71. The van der Waals surface area contributed by atoms with Crippen molar-refractivity contribution >= 4 is 17.6 Å². The summed E-state index contributed by atoms with van der Waals surface area (Å²) in [6, 6.07) is 24.6. The molecule has 170 valence electrons. The molecule has 5 nitrogen and oxygen atoms in total. The van der Waals surface area contributed by atoms with Crippen molar-refractivity contribution in [2.75, 3.05) is 4.90 Å². The van der Waals surface area contributed by atoms with Gasteiger partial charge in [-0.1, -0.05) is 78.4 Å². The van der Waals surface area contributed by atoms with E-state index in [0.29, 0.717) is 25.8 Å². The van der Waals surface area contributed by atoms with Crippen LogP contribution in [0.2, 0.25) is 0 Å². The average molecular weight is 443 g/mol. The van der Waals surface area contributed by atoms with Gasteiger partial charge in [0.05, 0.1) is 12.6 Å². The predicted molar refractivity (Wildman–Crippen MR) is 130 cm³/mol. The number of carbonyl (C=O) groups is 2. The summed E-state index contributed by atoms with van der Waals surface area (Å²) in [6.45, 7) is 2.49. The number of nitrogens with zero attached hydrogens (tertiary/aromatic N) is 1. The van der Waals surface area contributed by atoms with Crippen LogP contribution in [-0.2, 0) is 29.0 Å². The highest BCUT2D eigenvalue weighted by molar-refractivity contribution is 5.98. The maximum Gasteiger partial charge on any atom is 0.320 e. The molecule has 0 spiro atoms. The monoisotopic (exact) mass is 442 g/mol. The smallest absolute Gasteiger partial charge is 0.320 e. The van der Waals surface area contributed by atoms with Crippen molar-refractivity contribution in [2.45, 2.75) is 51.2 Å². The highest BCUT2D eigenvalue weighted by atomic mass is 16.4. The Morgan fingerprint density at radius 2 is 1.70 bits per heavy atom. The number of benzene rings is 3. The van der Waals surface area contributed by atoms with E-state index in [1.165, 1.54) is 5.56 Å². The number of hydrogen-bond acceptors (Lipinski definition) is 3. The lowest BCUT2D eigenvalue weighted by Crippen LogP contribution is -2.51. The van der Waals surface area contributed by atoms with Crippen molar-refractivity contribution in [1.29, 1.82) is 0 Å². The summed E-state index contributed by atoms with van der Waals surface area (Å²) in [7, 11) is 0. The van der Waals surface area contributed by atoms with E-state index in [9.17, 15) is 14.7 Å². The van der Waals surface area contributed by atoms with Crippen molar-refractivity contribution in [1.82, 2.24) is 5.32 Å². The first-order valence-electron chi connectivity index (χ1n) is 11.5. The van der Waals surface area contributed by atoms with E-state index < -0.39 is 18.1 Å². The highest BCUT2D eigenvalue weighted by Crippen LogP contribution is 2.29. The van der Waals surface area contributed by atoms with Crippen molar-refractivity contribution in [3.63, 3.8) is 0 Å². The second kappa shape index (κ2) is 10.5. The van der Waals surface area contributed by atoms with Gasteiger partial charge in [-0.15, -0.1) is 0 Å². The van der Waals surface area contributed by atoms with E-state index in [4.69, 9.17) is 0 Å². The molecule has 4 rings (SSSR count). The maximum absolute atomic E-state index is 13.7. The van der Waals surface area contributed by atoms with E-state index in [0.717, 1.165) is 28.8 Å². The largest absolute Gasteiger partial charge is 0.480 e. The number of aryl methyl sites for hydroxylation is 3. The Hall–Kier alpha value is -3.44. The Morgan fingerprint density at radius 3 is 2.42 bits per heavy atom. The van der Waals surface area contributed by atoms with Crippen LogP contribution in [0.4, 0.5) is 5.69 Å². The SMILES string of the molecule is Cc1ccc(CN2C(=O)[C@@H](N[C@@H](CCc3ccccc3)C(=O)O)CCc3ccccc32)cc1. The van der Waals surface area contributed by atoms with E-state index >= 15 is 0 Å². The van der Waals surface area contributed by atoms with Gasteiger partial charge >= 0.3 is 5.97 Å². The Morgan fingerprint density at radius 1 is 1.00 bits per heavy atom. The van der Waals surface area contributed by atoms with Crippen LogP contribution in [0.25, 0.3) is 0 Å². The molecule has 0 aliphatic carbocycles. The fourth-order valence-electron chi connectivity index (χ4n) is 4.39. The van der Waals surface area contributed by atoms with Gasteiger partial charge in [0.15, 0.2) is 0 Å². The molecule has 0 bridgehead atoms. The van der Waals surface area contributed by atoms with Gasteiger partial charge in [-0.2, -0.15) is 0 Å². The maximum atomic E-state index is 13.7. The van der Waals surface area contributed by atoms with Crippen LogP contribution in [0.5, 0.6) is 0 Å². The molecule has 0 fully saturated rings. The van der Waals surface area contributed by atoms with Crippen LogP contribution in [0.1, 0.15) is 35.1 Å². The molecule has 1 heterocycles. The first kappa shape index (κ1) is 22.7. The fourth-order valence-corrected chi connectivity index (χ4v) is 4.39. The van der Waals surface area contributed by atoms with Gasteiger partial charge in [-0.25, -0.2) is 0 Å². The minimum atomic E-state index is -0.925. The summed E-state index contributed by atoms with van der Waals surface area (Å²) in [5.74, 6) is -1.00. The first-order chi connectivity index (χ1) is 16.0. The number of fused-ring (bicyclic) bond motifs is 1. The number of hydrogen-bond donors (Lipinski definition) is 2. The van der Waals surface area contributed by atoms with E-state index in [-0.39, 0.29) is 5.91 Å². The lowest BCUT2D eigenvalue weighted by Gasteiger charge is -2.28. The molecule has 2 N–H and O–H groups in total. The van der Waals surface area contributed by atoms with Crippen LogP contribution < -0.4 is 10.2 Å². The molecule has 0 aromatic heterocycles. The third kappa shape index (κ3) is 5.68. The van der Waals surface area contributed by atoms with Gasteiger partial charge in [-0.05, 0) is 55.4 Å². The molecule has 1 amide bonds. The molecule has 5 heteroatoms. The molecule has 0 saturated carbocycles. The quantitative estimate of drug-likeness (QED) is 0.538. The molecular weight excluding hydrogens is 412 g/mol. The minimum Gasteiger partial charge on any atom is -0.480 e. The summed E-state index contributed by atoms with van der Waals surface area (Å²) in [5, 5.41) is 13.0. The van der Waals surface area contributed by atoms with Gasteiger partial charge in [0, 0.05) is 5.69 Å². The first-order valence-corrected chi connectivity index (χ1v) is 11.5. The van der Waals surface area contributed by atoms with Gasteiger partial charge in [-0.3, -0.25) is 14.9 Å². The van der Waals surface area contributed by atoms with E-state index in [1.807, 2.05) is 79.7 Å². The summed E-state index contributed by atoms with van der Waals surface area (Å²) >= 11 is 0. The van der Waals surface area contributed by atoms with Gasteiger partial charge in [0.2, 0.25) is 5.91 Å². The topological polar surface area (TPSA) is 69.6 Å². The van der Waals surface area contributed by atoms with Crippen molar-refractivity contribution in [3.8, 4) is 0 Å². The van der Waals surface area contributed by atoms with Gasteiger partial charge < -0.3 is 10.0 Å². The molecule has 0 radical (unpaired) electrons.